The summed E-state index contributed by atoms with van der Waals surface area (Å²) in [5.41, 5.74) is 2.11. The number of carbonyl (C=O) groups is 2. The molecule has 0 atom stereocenters. The summed E-state index contributed by atoms with van der Waals surface area (Å²) in [6, 6.07) is 17.5. The van der Waals surface area contributed by atoms with Crippen molar-refractivity contribution in [3.05, 3.63) is 99.5 Å². The monoisotopic (exact) mass is 503 g/mol. The lowest BCUT2D eigenvalue weighted by Crippen LogP contribution is -2.62. The second kappa shape index (κ2) is 10.5. The first-order valence-electron chi connectivity index (χ1n) is 10.6. The Morgan fingerprint density at radius 3 is 1.94 bits per heavy atom. The number of hydrogen-bond acceptors (Lipinski definition) is 3. The molecule has 1 fully saturated rings. The summed E-state index contributed by atoms with van der Waals surface area (Å²) < 4.78 is 27.8. The van der Waals surface area contributed by atoms with Gasteiger partial charge < -0.3 is 10.2 Å². The molecule has 3 aromatic carbocycles. The number of halogens is 4. The molecule has 1 N–H and O–H groups in total. The van der Waals surface area contributed by atoms with E-state index in [4.69, 9.17) is 23.2 Å². The third kappa shape index (κ3) is 5.38. The molecule has 0 spiro atoms. The van der Waals surface area contributed by atoms with Crippen LogP contribution in [0.4, 0.5) is 14.5 Å². The van der Waals surface area contributed by atoms with Gasteiger partial charge in [0.05, 0.1) is 18.6 Å². The van der Waals surface area contributed by atoms with Gasteiger partial charge in [0.2, 0.25) is 12.3 Å². The topological polar surface area (TPSA) is 52.7 Å². The number of rotatable bonds is 8. The Labute approximate surface area is 205 Å². The number of nitrogens with one attached hydrogen (secondary N) is 1. The first-order chi connectivity index (χ1) is 16.4. The van der Waals surface area contributed by atoms with Crippen LogP contribution >= 0.6 is 23.2 Å². The molecular weight excluding hydrogens is 483 g/mol. The Hall–Kier alpha value is -3.00. The van der Waals surface area contributed by atoms with Crippen LogP contribution in [0, 0.1) is 11.6 Å². The van der Waals surface area contributed by atoms with Crippen LogP contribution in [0.5, 0.6) is 0 Å². The molecule has 34 heavy (non-hydrogen) atoms. The predicted octanol–water partition coefficient (Wildman–Crippen LogP) is 4.82. The van der Waals surface area contributed by atoms with E-state index in [1.54, 1.807) is 0 Å². The highest BCUT2D eigenvalue weighted by Crippen LogP contribution is 2.36. The molecule has 3 aromatic rings. The fourth-order valence-electron chi connectivity index (χ4n) is 4.22. The molecule has 0 saturated carbocycles. The molecule has 4 rings (SSSR count). The van der Waals surface area contributed by atoms with Crippen molar-refractivity contribution in [1.29, 1.82) is 0 Å². The fourth-order valence-corrected chi connectivity index (χ4v) is 4.47. The molecule has 5 nitrogen and oxygen atoms in total. The second-order valence-electron chi connectivity index (χ2n) is 8.00. The maximum absolute atomic E-state index is 13.9. The van der Waals surface area contributed by atoms with Gasteiger partial charge in [-0.1, -0.05) is 47.5 Å². The van der Waals surface area contributed by atoms with E-state index in [9.17, 15) is 18.4 Å². The van der Waals surface area contributed by atoms with Crippen molar-refractivity contribution in [3.8, 4) is 0 Å². The largest absolute Gasteiger partial charge is 0.350 e. The van der Waals surface area contributed by atoms with E-state index in [-0.39, 0.29) is 24.3 Å². The number of carbonyl (C=O) groups excluding carboxylic acids is 2. The van der Waals surface area contributed by atoms with Crippen LogP contribution in [-0.4, -0.2) is 42.9 Å². The summed E-state index contributed by atoms with van der Waals surface area (Å²) >= 11 is 12.2. The van der Waals surface area contributed by atoms with Crippen molar-refractivity contribution in [3.63, 3.8) is 0 Å². The number of likely N-dealkylation sites (tertiary alicyclic amines) is 1. The van der Waals surface area contributed by atoms with E-state index in [0.717, 1.165) is 29.3 Å². The first kappa shape index (κ1) is 24.1. The van der Waals surface area contributed by atoms with E-state index < -0.39 is 17.5 Å². The number of amides is 2. The molecule has 2 amide bonds. The van der Waals surface area contributed by atoms with Crippen molar-refractivity contribution in [2.45, 2.75) is 12.1 Å². The van der Waals surface area contributed by atoms with E-state index in [1.807, 2.05) is 48.5 Å². The summed E-state index contributed by atoms with van der Waals surface area (Å²) in [5.74, 6) is -2.03. The molecule has 176 valence electrons. The minimum Gasteiger partial charge on any atom is -0.350 e. The average Bonchev–Trinajstić information content (AvgIpc) is 2.77. The summed E-state index contributed by atoms with van der Waals surface area (Å²) in [7, 11) is 0. The van der Waals surface area contributed by atoms with Gasteiger partial charge in [-0.3, -0.25) is 14.5 Å². The lowest BCUT2D eigenvalue weighted by molar-refractivity contribution is -0.121. The molecule has 9 heteroatoms. The van der Waals surface area contributed by atoms with Gasteiger partial charge in [0, 0.05) is 34.9 Å². The van der Waals surface area contributed by atoms with Crippen molar-refractivity contribution in [2.24, 2.45) is 0 Å². The van der Waals surface area contributed by atoms with Gasteiger partial charge in [0.1, 0.15) is 11.6 Å². The lowest BCUT2D eigenvalue weighted by Gasteiger charge is -2.49. The molecule has 1 aliphatic heterocycles. The average molecular weight is 504 g/mol. The van der Waals surface area contributed by atoms with Crippen LogP contribution in [0.25, 0.3) is 0 Å². The van der Waals surface area contributed by atoms with Crippen molar-refractivity contribution < 1.29 is 18.4 Å². The summed E-state index contributed by atoms with van der Waals surface area (Å²) in [5, 5.41) is 3.57. The van der Waals surface area contributed by atoms with E-state index >= 15 is 0 Å². The van der Waals surface area contributed by atoms with Crippen LogP contribution in [0.15, 0.2) is 66.7 Å². The summed E-state index contributed by atoms with van der Waals surface area (Å²) in [6.45, 7) is 0.609. The minimum absolute atomic E-state index is 0.106. The SMILES string of the molecule is O=CNCC(=O)N(c1cc(F)cc(F)c1)C1CN(C(c2ccc(Cl)cc2)c2ccc(Cl)cc2)C1. The van der Waals surface area contributed by atoms with E-state index in [2.05, 4.69) is 10.2 Å². The van der Waals surface area contributed by atoms with Crippen LogP contribution in [-0.2, 0) is 9.59 Å². The number of benzene rings is 3. The summed E-state index contributed by atoms with van der Waals surface area (Å²) in [6.07, 6.45) is 0.409. The maximum atomic E-state index is 13.9. The van der Waals surface area contributed by atoms with Gasteiger partial charge >= 0.3 is 0 Å². The van der Waals surface area contributed by atoms with Crippen LogP contribution in [0.3, 0.4) is 0 Å². The standard InChI is InChI=1S/C25H21Cl2F2N3O2/c26-18-5-1-16(2-6-18)25(17-3-7-19(27)8-4-17)31-13-23(14-31)32(24(34)12-30-15-33)22-10-20(28)9-21(29)11-22/h1-11,15,23,25H,12-14H2,(H,30,33). The third-order valence-corrected chi connectivity index (χ3v) is 6.23. The van der Waals surface area contributed by atoms with Gasteiger partial charge in [-0.2, -0.15) is 0 Å². The van der Waals surface area contributed by atoms with Gasteiger partial charge in [-0.05, 0) is 47.5 Å². The molecule has 0 aliphatic carbocycles. The van der Waals surface area contributed by atoms with Crippen LogP contribution < -0.4 is 10.2 Å². The molecule has 0 unspecified atom stereocenters. The van der Waals surface area contributed by atoms with Crippen molar-refractivity contribution in [1.82, 2.24) is 10.2 Å². The number of hydrogen-bond donors (Lipinski definition) is 1. The van der Waals surface area contributed by atoms with Gasteiger partial charge in [0.15, 0.2) is 0 Å². The highest BCUT2D eigenvalue weighted by Gasteiger charge is 2.40. The Kier molecular flexibility index (Phi) is 7.46. The minimum atomic E-state index is -0.785. The Bertz CT molecular complexity index is 1100. The van der Waals surface area contributed by atoms with Crippen molar-refractivity contribution >= 4 is 41.2 Å². The predicted molar refractivity (Wildman–Crippen MR) is 128 cm³/mol. The third-order valence-electron chi connectivity index (χ3n) is 5.72. The molecule has 0 aromatic heterocycles. The number of anilines is 1. The quantitative estimate of drug-likeness (QED) is 0.448. The normalized spacial score (nSPS) is 14.0. The Balaban J connectivity index is 1.62. The molecule has 0 radical (unpaired) electrons. The Morgan fingerprint density at radius 1 is 0.971 bits per heavy atom. The molecular formula is C25H21Cl2F2N3O2. The van der Waals surface area contributed by atoms with Crippen LogP contribution in [0.1, 0.15) is 17.2 Å². The lowest BCUT2D eigenvalue weighted by atomic mass is 9.92. The molecule has 0 bridgehead atoms. The zero-order valence-corrected chi connectivity index (χ0v) is 19.4. The van der Waals surface area contributed by atoms with E-state index in [0.29, 0.717) is 29.5 Å². The molecule has 1 saturated heterocycles. The highest BCUT2D eigenvalue weighted by atomic mass is 35.5. The maximum Gasteiger partial charge on any atom is 0.246 e. The van der Waals surface area contributed by atoms with E-state index in [1.165, 1.54) is 4.90 Å². The zero-order chi connectivity index (χ0) is 24.2. The fraction of sp³-hybridized carbons (Fsp3) is 0.200. The first-order valence-corrected chi connectivity index (χ1v) is 11.3. The smallest absolute Gasteiger partial charge is 0.246 e. The highest BCUT2D eigenvalue weighted by molar-refractivity contribution is 6.30. The van der Waals surface area contributed by atoms with Crippen LogP contribution in [0.2, 0.25) is 10.0 Å². The van der Waals surface area contributed by atoms with Crippen molar-refractivity contribution in [2.75, 3.05) is 24.5 Å². The van der Waals surface area contributed by atoms with Gasteiger partial charge in [0.25, 0.3) is 0 Å². The zero-order valence-electron chi connectivity index (χ0n) is 17.9. The molecule has 1 heterocycles. The second-order valence-corrected chi connectivity index (χ2v) is 8.88. The number of nitrogens with zero attached hydrogens (tertiary/aromatic N) is 2. The van der Waals surface area contributed by atoms with Gasteiger partial charge in [-0.25, -0.2) is 8.78 Å². The molecule has 1 aliphatic rings. The Morgan fingerprint density at radius 2 is 1.47 bits per heavy atom. The summed E-state index contributed by atoms with van der Waals surface area (Å²) in [4.78, 5) is 27.1. The van der Waals surface area contributed by atoms with Gasteiger partial charge in [-0.15, -0.1) is 0 Å².